The summed E-state index contributed by atoms with van der Waals surface area (Å²) in [4.78, 5) is 0. The molecule has 0 aliphatic rings. The van der Waals surface area contributed by atoms with Gasteiger partial charge in [-0.2, -0.15) is 0 Å². The molecule has 0 amide bonds. The number of hydrogen-bond donors (Lipinski definition) is 2. The summed E-state index contributed by atoms with van der Waals surface area (Å²) in [6, 6.07) is 0. The van der Waals surface area contributed by atoms with Crippen LogP contribution < -0.4 is 0 Å². The zero-order chi connectivity index (χ0) is 9.78. The quantitative estimate of drug-likeness (QED) is 0.620. The minimum Gasteiger partial charge on any atom is -0.396 e. The largest absolute Gasteiger partial charge is 0.396 e. The Morgan fingerprint density at radius 1 is 1.50 bits per heavy atom. The Labute approximate surface area is 74.9 Å². The highest BCUT2D eigenvalue weighted by Crippen LogP contribution is 2.30. The van der Waals surface area contributed by atoms with Crippen LogP contribution in [0.1, 0.15) is 33.6 Å². The van der Waals surface area contributed by atoms with E-state index in [0.29, 0.717) is 12.8 Å². The second-order valence-electron chi connectivity index (χ2n) is 3.88. The van der Waals surface area contributed by atoms with Crippen LogP contribution in [-0.4, -0.2) is 22.9 Å². The van der Waals surface area contributed by atoms with Gasteiger partial charge >= 0.3 is 0 Å². The number of aliphatic hydroxyl groups is 2. The summed E-state index contributed by atoms with van der Waals surface area (Å²) in [5.41, 5.74) is 0.739. The maximum atomic E-state index is 9.71. The molecular weight excluding hydrogens is 152 g/mol. The topological polar surface area (TPSA) is 40.5 Å². The molecule has 0 aromatic heterocycles. The Morgan fingerprint density at radius 2 is 2.00 bits per heavy atom. The highest BCUT2D eigenvalue weighted by Gasteiger charge is 2.27. The third kappa shape index (κ3) is 2.95. The minimum atomic E-state index is -0.401. The van der Waals surface area contributed by atoms with Crippen LogP contribution in [0.5, 0.6) is 0 Å². The van der Waals surface area contributed by atoms with E-state index in [1.54, 1.807) is 0 Å². The second-order valence-corrected chi connectivity index (χ2v) is 3.88. The molecule has 0 saturated heterocycles. The average molecular weight is 172 g/mol. The zero-order valence-corrected chi connectivity index (χ0v) is 8.30. The fraction of sp³-hybridized carbons (Fsp3) is 0.800. The smallest absolute Gasteiger partial charge is 0.0628 e. The molecule has 0 aliphatic carbocycles. The van der Waals surface area contributed by atoms with Crippen LogP contribution in [-0.2, 0) is 0 Å². The van der Waals surface area contributed by atoms with Gasteiger partial charge in [0.1, 0.15) is 0 Å². The van der Waals surface area contributed by atoms with Crippen LogP contribution in [0.25, 0.3) is 0 Å². The molecule has 72 valence electrons. The third-order valence-corrected chi connectivity index (χ3v) is 2.57. The van der Waals surface area contributed by atoms with Gasteiger partial charge in [-0.1, -0.05) is 26.0 Å². The average Bonchev–Trinajstić information content (AvgIpc) is 1.99. The van der Waals surface area contributed by atoms with Crippen molar-refractivity contribution in [1.29, 1.82) is 0 Å². The monoisotopic (exact) mass is 172 g/mol. The highest BCUT2D eigenvalue weighted by atomic mass is 16.3. The first kappa shape index (κ1) is 11.7. The third-order valence-electron chi connectivity index (χ3n) is 2.57. The van der Waals surface area contributed by atoms with E-state index in [1.807, 2.05) is 20.8 Å². The molecular formula is C10H20O2. The molecule has 0 saturated carbocycles. The van der Waals surface area contributed by atoms with Crippen molar-refractivity contribution < 1.29 is 10.2 Å². The molecule has 2 heteroatoms. The Kier molecular flexibility index (Phi) is 4.50. The molecule has 1 atom stereocenters. The van der Waals surface area contributed by atoms with E-state index in [9.17, 15) is 5.11 Å². The minimum absolute atomic E-state index is 0.142. The van der Waals surface area contributed by atoms with Gasteiger partial charge in [0.05, 0.1) is 6.10 Å². The van der Waals surface area contributed by atoms with Crippen molar-refractivity contribution in [1.82, 2.24) is 0 Å². The Balaban J connectivity index is 4.06. The van der Waals surface area contributed by atoms with Crippen LogP contribution >= 0.6 is 0 Å². The van der Waals surface area contributed by atoms with Crippen LogP contribution in [0.15, 0.2) is 12.2 Å². The molecule has 0 rings (SSSR count). The zero-order valence-electron chi connectivity index (χ0n) is 8.30. The molecule has 2 nitrogen and oxygen atoms in total. The van der Waals surface area contributed by atoms with E-state index in [1.165, 1.54) is 0 Å². The standard InChI is InChI=1S/C10H20O2/c1-8(2)10(3,4)9(12)6-5-7-11/h9,11-12H,1,5-7H2,2-4H3. The molecule has 12 heavy (non-hydrogen) atoms. The predicted molar refractivity (Wildman–Crippen MR) is 50.9 cm³/mol. The molecule has 1 unspecified atom stereocenters. The SMILES string of the molecule is C=C(C)C(C)(C)C(O)CCCO. The van der Waals surface area contributed by atoms with Crippen molar-refractivity contribution in [2.75, 3.05) is 6.61 Å². The Bertz CT molecular complexity index is 150. The van der Waals surface area contributed by atoms with Gasteiger partial charge in [-0.05, 0) is 19.8 Å². The summed E-state index contributed by atoms with van der Waals surface area (Å²) < 4.78 is 0. The maximum absolute atomic E-state index is 9.71. The van der Waals surface area contributed by atoms with E-state index in [4.69, 9.17) is 5.11 Å². The first-order valence-electron chi connectivity index (χ1n) is 4.37. The van der Waals surface area contributed by atoms with Crippen molar-refractivity contribution in [2.45, 2.75) is 39.7 Å². The summed E-state index contributed by atoms with van der Waals surface area (Å²) in [6.07, 6.45) is 0.885. The normalized spacial score (nSPS) is 14.4. The van der Waals surface area contributed by atoms with Gasteiger partial charge in [0.15, 0.2) is 0 Å². The summed E-state index contributed by atoms with van der Waals surface area (Å²) in [6.45, 7) is 9.83. The molecule has 2 N–H and O–H groups in total. The number of aliphatic hydroxyl groups excluding tert-OH is 2. The lowest BCUT2D eigenvalue weighted by Crippen LogP contribution is -2.30. The Morgan fingerprint density at radius 3 is 2.33 bits per heavy atom. The van der Waals surface area contributed by atoms with Gasteiger partial charge in [0.2, 0.25) is 0 Å². The summed E-state index contributed by atoms with van der Waals surface area (Å²) >= 11 is 0. The lowest BCUT2D eigenvalue weighted by atomic mass is 9.79. The molecule has 0 aliphatic heterocycles. The van der Waals surface area contributed by atoms with Gasteiger partial charge < -0.3 is 10.2 Å². The number of hydrogen-bond acceptors (Lipinski definition) is 2. The van der Waals surface area contributed by atoms with E-state index in [0.717, 1.165) is 5.57 Å². The van der Waals surface area contributed by atoms with Gasteiger partial charge in [0, 0.05) is 12.0 Å². The van der Waals surface area contributed by atoms with Crippen molar-refractivity contribution in [3.05, 3.63) is 12.2 Å². The first-order valence-corrected chi connectivity index (χ1v) is 4.37. The van der Waals surface area contributed by atoms with Crippen LogP contribution in [0.3, 0.4) is 0 Å². The van der Waals surface area contributed by atoms with Gasteiger partial charge in [-0.25, -0.2) is 0 Å². The molecule has 0 spiro atoms. The van der Waals surface area contributed by atoms with Crippen LogP contribution in [0.4, 0.5) is 0 Å². The molecule has 0 fully saturated rings. The van der Waals surface area contributed by atoms with Gasteiger partial charge in [-0.15, -0.1) is 0 Å². The van der Waals surface area contributed by atoms with E-state index < -0.39 is 6.10 Å². The van der Waals surface area contributed by atoms with E-state index in [2.05, 4.69) is 6.58 Å². The lowest BCUT2D eigenvalue weighted by molar-refractivity contribution is 0.0603. The van der Waals surface area contributed by atoms with Crippen molar-refractivity contribution >= 4 is 0 Å². The fourth-order valence-corrected chi connectivity index (χ4v) is 0.930. The predicted octanol–water partition coefficient (Wildman–Crippen LogP) is 1.72. The Hall–Kier alpha value is -0.340. The summed E-state index contributed by atoms with van der Waals surface area (Å²) in [7, 11) is 0. The van der Waals surface area contributed by atoms with Gasteiger partial charge in [0.25, 0.3) is 0 Å². The van der Waals surface area contributed by atoms with Crippen LogP contribution in [0.2, 0.25) is 0 Å². The maximum Gasteiger partial charge on any atom is 0.0628 e. The summed E-state index contributed by atoms with van der Waals surface area (Å²) in [5.74, 6) is 0. The van der Waals surface area contributed by atoms with Gasteiger partial charge in [-0.3, -0.25) is 0 Å². The lowest BCUT2D eigenvalue weighted by Gasteiger charge is -2.31. The molecule has 0 bridgehead atoms. The van der Waals surface area contributed by atoms with Crippen molar-refractivity contribution in [3.8, 4) is 0 Å². The first-order chi connectivity index (χ1) is 5.42. The van der Waals surface area contributed by atoms with Crippen molar-refractivity contribution in [2.24, 2.45) is 5.41 Å². The molecule has 0 heterocycles. The fourth-order valence-electron chi connectivity index (χ4n) is 0.930. The van der Waals surface area contributed by atoms with Crippen molar-refractivity contribution in [3.63, 3.8) is 0 Å². The summed E-state index contributed by atoms with van der Waals surface area (Å²) in [5, 5.41) is 18.3. The molecule has 0 radical (unpaired) electrons. The molecule has 0 aromatic carbocycles. The number of rotatable bonds is 5. The highest BCUT2D eigenvalue weighted by molar-refractivity contribution is 5.06. The van der Waals surface area contributed by atoms with E-state index in [-0.39, 0.29) is 12.0 Å². The van der Waals surface area contributed by atoms with E-state index >= 15 is 0 Å². The molecule has 0 aromatic rings. The second kappa shape index (κ2) is 4.63. The van der Waals surface area contributed by atoms with Crippen LogP contribution in [0, 0.1) is 5.41 Å².